The monoisotopic (exact) mass is 422 g/mol. The van der Waals surface area contributed by atoms with E-state index in [4.69, 9.17) is 9.15 Å². The number of thiazole rings is 1. The lowest BCUT2D eigenvalue weighted by molar-refractivity contribution is -0.141. The Kier molecular flexibility index (Phi) is 5.33. The van der Waals surface area contributed by atoms with Gasteiger partial charge in [-0.3, -0.25) is 14.4 Å². The quantitative estimate of drug-likeness (QED) is 0.471. The number of aryl methyl sites for hydroxylation is 1. The van der Waals surface area contributed by atoms with Gasteiger partial charge in [0.15, 0.2) is 4.80 Å². The maximum absolute atomic E-state index is 12.8. The maximum Gasteiger partial charge on any atom is 0.325 e. The molecule has 152 valence electrons. The summed E-state index contributed by atoms with van der Waals surface area (Å²) in [6.07, 6.45) is 1.98. The molecule has 0 fully saturated rings. The van der Waals surface area contributed by atoms with Crippen LogP contribution in [0, 0.1) is 0 Å². The van der Waals surface area contributed by atoms with E-state index in [1.54, 1.807) is 28.8 Å². The predicted octanol–water partition coefficient (Wildman–Crippen LogP) is 3.29. The van der Waals surface area contributed by atoms with Crippen LogP contribution in [0.15, 0.2) is 62.9 Å². The SMILES string of the molecule is CCc1ccc2c(c1)sc(=NC(=O)c1coc3ccccc3c1=O)n2CC(=O)OC. The van der Waals surface area contributed by atoms with Gasteiger partial charge < -0.3 is 13.7 Å². The molecule has 0 N–H and O–H groups in total. The van der Waals surface area contributed by atoms with Gasteiger partial charge in [0.1, 0.15) is 24.0 Å². The molecule has 7 nitrogen and oxygen atoms in total. The Balaban J connectivity index is 1.88. The number of fused-ring (bicyclic) bond motifs is 2. The van der Waals surface area contributed by atoms with E-state index in [2.05, 4.69) is 4.99 Å². The van der Waals surface area contributed by atoms with Gasteiger partial charge in [-0.2, -0.15) is 4.99 Å². The van der Waals surface area contributed by atoms with Gasteiger partial charge >= 0.3 is 5.97 Å². The van der Waals surface area contributed by atoms with Crippen LogP contribution in [0.1, 0.15) is 22.8 Å². The van der Waals surface area contributed by atoms with Crippen LogP contribution in [-0.2, 0) is 22.5 Å². The van der Waals surface area contributed by atoms with Crippen LogP contribution in [0.25, 0.3) is 21.2 Å². The fourth-order valence-electron chi connectivity index (χ4n) is 3.14. The van der Waals surface area contributed by atoms with Crippen LogP contribution < -0.4 is 10.2 Å². The fourth-order valence-corrected chi connectivity index (χ4v) is 4.23. The largest absolute Gasteiger partial charge is 0.468 e. The van der Waals surface area contributed by atoms with Crippen LogP contribution in [0.2, 0.25) is 0 Å². The van der Waals surface area contributed by atoms with Crippen molar-refractivity contribution in [3.05, 3.63) is 74.9 Å². The molecule has 2 aromatic carbocycles. The Morgan fingerprint density at radius 3 is 2.77 bits per heavy atom. The number of ether oxygens (including phenoxy) is 1. The van der Waals surface area contributed by atoms with Crippen LogP contribution in [-0.4, -0.2) is 23.6 Å². The summed E-state index contributed by atoms with van der Waals surface area (Å²) in [6.45, 7) is 1.95. The van der Waals surface area contributed by atoms with Gasteiger partial charge in [-0.05, 0) is 36.2 Å². The number of hydrogen-bond acceptors (Lipinski definition) is 6. The third kappa shape index (κ3) is 3.57. The summed E-state index contributed by atoms with van der Waals surface area (Å²) >= 11 is 1.27. The van der Waals surface area contributed by atoms with Gasteiger partial charge in [0.25, 0.3) is 5.91 Å². The van der Waals surface area contributed by atoms with E-state index >= 15 is 0 Å². The first-order chi connectivity index (χ1) is 14.5. The van der Waals surface area contributed by atoms with Crippen LogP contribution in [0.4, 0.5) is 0 Å². The molecule has 0 aliphatic rings. The van der Waals surface area contributed by atoms with Crippen molar-refractivity contribution >= 4 is 44.4 Å². The smallest absolute Gasteiger partial charge is 0.325 e. The average Bonchev–Trinajstić information content (AvgIpc) is 3.09. The van der Waals surface area contributed by atoms with E-state index in [-0.39, 0.29) is 12.1 Å². The molecule has 1 amide bonds. The van der Waals surface area contributed by atoms with Gasteiger partial charge in [0, 0.05) is 0 Å². The molecule has 0 bridgehead atoms. The number of rotatable bonds is 4. The van der Waals surface area contributed by atoms with Crippen molar-refractivity contribution < 1.29 is 18.7 Å². The minimum Gasteiger partial charge on any atom is -0.468 e. The molecule has 2 aromatic heterocycles. The Morgan fingerprint density at radius 1 is 1.20 bits per heavy atom. The van der Waals surface area contributed by atoms with E-state index in [0.29, 0.717) is 15.8 Å². The molecular formula is C22H18N2O5S. The van der Waals surface area contributed by atoms with Crippen molar-refractivity contribution in [2.75, 3.05) is 7.11 Å². The molecule has 2 heterocycles. The average molecular weight is 422 g/mol. The molecule has 0 saturated carbocycles. The summed E-state index contributed by atoms with van der Waals surface area (Å²) in [6, 6.07) is 12.6. The Bertz CT molecular complexity index is 1410. The topological polar surface area (TPSA) is 90.9 Å². The fraction of sp³-hybridized carbons (Fsp3) is 0.182. The second kappa shape index (κ2) is 8.08. The van der Waals surface area contributed by atoms with E-state index in [1.165, 1.54) is 18.4 Å². The number of carbonyl (C=O) groups is 2. The highest BCUT2D eigenvalue weighted by atomic mass is 32.1. The van der Waals surface area contributed by atoms with Crippen LogP contribution >= 0.6 is 11.3 Å². The van der Waals surface area contributed by atoms with E-state index in [1.807, 2.05) is 25.1 Å². The van der Waals surface area contributed by atoms with Crippen LogP contribution in [0.5, 0.6) is 0 Å². The first kappa shape index (κ1) is 19.8. The number of benzene rings is 2. The zero-order chi connectivity index (χ0) is 21.3. The number of esters is 1. The number of amides is 1. The first-order valence-electron chi connectivity index (χ1n) is 9.30. The summed E-state index contributed by atoms with van der Waals surface area (Å²) in [4.78, 5) is 41.9. The molecule has 4 rings (SSSR count). The van der Waals surface area contributed by atoms with E-state index < -0.39 is 17.3 Å². The number of carbonyl (C=O) groups excluding carboxylic acids is 2. The van der Waals surface area contributed by atoms with Gasteiger partial charge in [0.2, 0.25) is 5.43 Å². The van der Waals surface area contributed by atoms with Crippen molar-refractivity contribution in [1.29, 1.82) is 0 Å². The Hall–Kier alpha value is -3.52. The lowest BCUT2D eigenvalue weighted by Crippen LogP contribution is -2.23. The summed E-state index contributed by atoms with van der Waals surface area (Å²) in [5.74, 6) is -1.19. The van der Waals surface area contributed by atoms with E-state index in [0.717, 1.165) is 28.5 Å². The first-order valence-corrected chi connectivity index (χ1v) is 10.1. The summed E-state index contributed by atoms with van der Waals surface area (Å²) in [5, 5.41) is 0.310. The van der Waals surface area contributed by atoms with Gasteiger partial charge in [0.05, 0.1) is 22.7 Å². The molecule has 8 heteroatoms. The van der Waals surface area contributed by atoms with Gasteiger partial charge in [-0.15, -0.1) is 0 Å². The normalized spacial score (nSPS) is 11.9. The van der Waals surface area contributed by atoms with Crippen molar-refractivity contribution in [1.82, 2.24) is 4.57 Å². The molecule has 0 unspecified atom stereocenters. The maximum atomic E-state index is 12.8. The predicted molar refractivity (Wildman–Crippen MR) is 114 cm³/mol. The lowest BCUT2D eigenvalue weighted by Gasteiger charge is -2.04. The number of para-hydroxylation sites is 1. The molecule has 0 radical (unpaired) electrons. The third-order valence-electron chi connectivity index (χ3n) is 4.78. The summed E-state index contributed by atoms with van der Waals surface area (Å²) < 4.78 is 12.7. The van der Waals surface area contributed by atoms with Crippen molar-refractivity contribution in [3.63, 3.8) is 0 Å². The minimum atomic E-state index is -0.726. The molecule has 30 heavy (non-hydrogen) atoms. The summed E-state index contributed by atoms with van der Waals surface area (Å²) in [7, 11) is 1.30. The Morgan fingerprint density at radius 2 is 2.00 bits per heavy atom. The molecule has 0 aliphatic carbocycles. The number of hydrogen-bond donors (Lipinski definition) is 0. The lowest BCUT2D eigenvalue weighted by atomic mass is 10.1. The van der Waals surface area contributed by atoms with Crippen molar-refractivity contribution in [2.45, 2.75) is 19.9 Å². The molecule has 0 saturated heterocycles. The second-order valence-electron chi connectivity index (χ2n) is 6.59. The Labute approximate surface area is 174 Å². The second-order valence-corrected chi connectivity index (χ2v) is 7.60. The zero-order valence-corrected chi connectivity index (χ0v) is 17.2. The highest BCUT2D eigenvalue weighted by molar-refractivity contribution is 7.16. The molecule has 0 atom stereocenters. The number of methoxy groups -OCH3 is 1. The molecule has 0 aliphatic heterocycles. The highest BCUT2D eigenvalue weighted by Gasteiger charge is 2.16. The minimum absolute atomic E-state index is 0.0968. The number of nitrogens with zero attached hydrogens (tertiary/aromatic N) is 2. The molecular weight excluding hydrogens is 404 g/mol. The van der Waals surface area contributed by atoms with Crippen LogP contribution in [0.3, 0.4) is 0 Å². The number of aromatic nitrogens is 1. The van der Waals surface area contributed by atoms with Crippen molar-refractivity contribution in [3.8, 4) is 0 Å². The summed E-state index contributed by atoms with van der Waals surface area (Å²) in [5.41, 5.74) is 1.68. The van der Waals surface area contributed by atoms with Gasteiger partial charge in [-0.25, -0.2) is 0 Å². The van der Waals surface area contributed by atoms with Gasteiger partial charge in [-0.1, -0.05) is 36.5 Å². The molecule has 0 spiro atoms. The molecule has 4 aromatic rings. The van der Waals surface area contributed by atoms with E-state index in [9.17, 15) is 14.4 Å². The van der Waals surface area contributed by atoms with Crippen molar-refractivity contribution in [2.24, 2.45) is 4.99 Å². The standard InChI is InChI=1S/C22H18N2O5S/c1-3-13-8-9-16-18(10-13)30-22(24(16)11-19(25)28-2)23-21(27)15-12-29-17-7-5-4-6-14(17)20(15)26/h4-10,12H,3,11H2,1-2H3. The zero-order valence-electron chi connectivity index (χ0n) is 16.4. The highest BCUT2D eigenvalue weighted by Crippen LogP contribution is 2.20. The third-order valence-corrected chi connectivity index (χ3v) is 5.82.